The SMILES string of the molecule is Nc1ccc(CF)nn1. The van der Waals surface area contributed by atoms with Gasteiger partial charge < -0.3 is 5.73 Å². The monoisotopic (exact) mass is 127 g/mol. The van der Waals surface area contributed by atoms with Gasteiger partial charge in [-0.2, -0.15) is 5.10 Å². The lowest BCUT2D eigenvalue weighted by Gasteiger charge is -1.90. The minimum absolute atomic E-state index is 0.309. The molecule has 0 radical (unpaired) electrons. The number of nitrogens with zero attached hydrogens (tertiary/aromatic N) is 2. The molecule has 0 unspecified atom stereocenters. The Bertz CT molecular complexity index is 184. The third kappa shape index (κ3) is 1.35. The number of nitrogens with two attached hydrogens (primary N) is 1. The largest absolute Gasteiger partial charge is 0.382 e. The van der Waals surface area contributed by atoms with E-state index in [1.807, 2.05) is 0 Å². The Morgan fingerprint density at radius 3 is 2.67 bits per heavy atom. The first kappa shape index (κ1) is 5.94. The van der Waals surface area contributed by atoms with E-state index < -0.39 is 6.67 Å². The molecule has 1 heterocycles. The molecule has 9 heavy (non-hydrogen) atoms. The first-order chi connectivity index (χ1) is 4.33. The van der Waals surface area contributed by atoms with E-state index in [9.17, 15) is 4.39 Å². The molecule has 4 heteroatoms. The van der Waals surface area contributed by atoms with Gasteiger partial charge in [0.2, 0.25) is 0 Å². The fraction of sp³-hybridized carbons (Fsp3) is 0.200. The fourth-order valence-corrected chi connectivity index (χ4v) is 0.441. The molecule has 0 fully saturated rings. The predicted octanol–water partition coefficient (Wildman–Crippen LogP) is 0.528. The molecule has 1 aromatic heterocycles. The van der Waals surface area contributed by atoms with E-state index in [-0.39, 0.29) is 0 Å². The van der Waals surface area contributed by atoms with Crippen LogP contribution in [-0.2, 0) is 6.67 Å². The standard InChI is InChI=1S/C5H6FN3/c6-3-4-1-2-5(7)9-8-4/h1-2H,3H2,(H2,7,9). The second kappa shape index (κ2) is 2.39. The molecule has 0 aliphatic carbocycles. The highest BCUT2D eigenvalue weighted by Crippen LogP contribution is 1.97. The summed E-state index contributed by atoms with van der Waals surface area (Å²) < 4.78 is 11.7. The van der Waals surface area contributed by atoms with Crippen LogP contribution in [0.25, 0.3) is 0 Å². The van der Waals surface area contributed by atoms with Crippen molar-refractivity contribution in [2.75, 3.05) is 5.73 Å². The van der Waals surface area contributed by atoms with Crippen LogP contribution >= 0.6 is 0 Å². The number of halogens is 1. The number of rotatable bonds is 1. The number of alkyl halides is 1. The van der Waals surface area contributed by atoms with E-state index in [1.165, 1.54) is 12.1 Å². The van der Waals surface area contributed by atoms with Gasteiger partial charge in [-0.1, -0.05) is 0 Å². The van der Waals surface area contributed by atoms with Crippen molar-refractivity contribution in [1.29, 1.82) is 0 Å². The first-order valence-corrected chi connectivity index (χ1v) is 2.47. The molecule has 0 aromatic carbocycles. The van der Waals surface area contributed by atoms with Gasteiger partial charge >= 0.3 is 0 Å². The molecule has 1 rings (SSSR count). The third-order valence-corrected chi connectivity index (χ3v) is 0.877. The van der Waals surface area contributed by atoms with E-state index in [0.29, 0.717) is 11.5 Å². The Labute approximate surface area is 51.7 Å². The van der Waals surface area contributed by atoms with Crippen LogP contribution in [0, 0.1) is 0 Å². The lowest BCUT2D eigenvalue weighted by molar-refractivity contribution is 0.472. The molecular formula is C5H6FN3. The summed E-state index contributed by atoms with van der Waals surface area (Å²) in [5.41, 5.74) is 5.49. The van der Waals surface area contributed by atoms with Crippen molar-refractivity contribution in [2.24, 2.45) is 0 Å². The summed E-state index contributed by atoms with van der Waals surface area (Å²) in [5, 5.41) is 6.88. The molecule has 0 amide bonds. The van der Waals surface area contributed by atoms with Crippen LogP contribution in [0.2, 0.25) is 0 Å². The summed E-state index contributed by atoms with van der Waals surface area (Å²) in [6, 6.07) is 3.02. The van der Waals surface area contributed by atoms with Crippen molar-refractivity contribution in [3.05, 3.63) is 17.8 Å². The van der Waals surface area contributed by atoms with Crippen LogP contribution < -0.4 is 5.73 Å². The van der Waals surface area contributed by atoms with E-state index >= 15 is 0 Å². The number of aromatic nitrogens is 2. The van der Waals surface area contributed by atoms with Crippen molar-refractivity contribution < 1.29 is 4.39 Å². The molecule has 0 saturated heterocycles. The first-order valence-electron chi connectivity index (χ1n) is 2.47. The van der Waals surface area contributed by atoms with Gasteiger partial charge in [0.25, 0.3) is 0 Å². The Hall–Kier alpha value is -1.19. The Morgan fingerprint density at radius 1 is 1.44 bits per heavy atom. The zero-order valence-electron chi connectivity index (χ0n) is 4.71. The van der Waals surface area contributed by atoms with Crippen molar-refractivity contribution in [2.45, 2.75) is 6.67 Å². The highest BCUT2D eigenvalue weighted by Gasteiger charge is 1.90. The van der Waals surface area contributed by atoms with E-state index in [0.717, 1.165) is 0 Å². The zero-order valence-corrected chi connectivity index (χ0v) is 4.71. The second-order valence-corrected chi connectivity index (χ2v) is 1.58. The highest BCUT2D eigenvalue weighted by atomic mass is 19.1. The quantitative estimate of drug-likeness (QED) is 0.598. The molecule has 0 atom stereocenters. The van der Waals surface area contributed by atoms with Crippen LogP contribution in [0.5, 0.6) is 0 Å². The lowest BCUT2D eigenvalue weighted by Crippen LogP contribution is -1.94. The Morgan fingerprint density at radius 2 is 2.22 bits per heavy atom. The summed E-state index contributed by atoms with van der Waals surface area (Å²) >= 11 is 0. The maximum Gasteiger partial charge on any atom is 0.146 e. The highest BCUT2D eigenvalue weighted by molar-refractivity contribution is 5.25. The minimum Gasteiger partial charge on any atom is -0.382 e. The molecule has 2 N–H and O–H groups in total. The average Bonchev–Trinajstić information content (AvgIpc) is 1.90. The maximum absolute atomic E-state index is 11.7. The molecular weight excluding hydrogens is 121 g/mol. The van der Waals surface area contributed by atoms with Gasteiger partial charge in [0.15, 0.2) is 0 Å². The second-order valence-electron chi connectivity index (χ2n) is 1.58. The summed E-state index contributed by atoms with van der Waals surface area (Å²) in [5.74, 6) is 0.312. The van der Waals surface area contributed by atoms with Gasteiger partial charge in [0.05, 0.1) is 5.69 Å². The van der Waals surface area contributed by atoms with Gasteiger partial charge in [0, 0.05) is 0 Å². The lowest BCUT2D eigenvalue weighted by atomic mass is 10.4. The van der Waals surface area contributed by atoms with Crippen LogP contribution in [-0.4, -0.2) is 10.2 Å². The number of hydrogen-bond acceptors (Lipinski definition) is 3. The number of hydrogen-bond donors (Lipinski definition) is 1. The van der Waals surface area contributed by atoms with Crippen LogP contribution in [0.4, 0.5) is 10.2 Å². The van der Waals surface area contributed by atoms with E-state index in [4.69, 9.17) is 5.73 Å². The summed E-state index contributed by atoms with van der Waals surface area (Å²) in [7, 11) is 0. The van der Waals surface area contributed by atoms with Crippen LogP contribution in [0.1, 0.15) is 5.69 Å². The number of anilines is 1. The summed E-state index contributed by atoms with van der Waals surface area (Å²) in [4.78, 5) is 0. The fourth-order valence-electron chi connectivity index (χ4n) is 0.441. The normalized spacial score (nSPS) is 9.44. The van der Waals surface area contributed by atoms with Gasteiger partial charge in [0.1, 0.15) is 12.5 Å². The molecule has 0 spiro atoms. The molecule has 48 valence electrons. The van der Waals surface area contributed by atoms with Gasteiger partial charge in [-0.25, -0.2) is 4.39 Å². The maximum atomic E-state index is 11.7. The van der Waals surface area contributed by atoms with Gasteiger partial charge in [-0.05, 0) is 12.1 Å². The molecule has 1 aromatic rings. The molecule has 0 bridgehead atoms. The molecule has 0 aliphatic heterocycles. The minimum atomic E-state index is -0.590. The van der Waals surface area contributed by atoms with Crippen molar-refractivity contribution in [3.8, 4) is 0 Å². The topological polar surface area (TPSA) is 51.8 Å². The average molecular weight is 127 g/mol. The number of nitrogen functional groups attached to an aromatic ring is 1. The van der Waals surface area contributed by atoms with Gasteiger partial charge in [-0.15, -0.1) is 5.10 Å². The van der Waals surface area contributed by atoms with Crippen LogP contribution in [0.15, 0.2) is 12.1 Å². The van der Waals surface area contributed by atoms with Crippen molar-refractivity contribution in [1.82, 2.24) is 10.2 Å². The van der Waals surface area contributed by atoms with Crippen molar-refractivity contribution >= 4 is 5.82 Å². The van der Waals surface area contributed by atoms with Crippen molar-refractivity contribution in [3.63, 3.8) is 0 Å². The molecule has 0 saturated carbocycles. The predicted molar refractivity (Wildman–Crippen MR) is 31.3 cm³/mol. The molecule has 3 nitrogen and oxygen atoms in total. The summed E-state index contributed by atoms with van der Waals surface area (Å²) in [6.45, 7) is -0.590. The zero-order chi connectivity index (χ0) is 6.69. The summed E-state index contributed by atoms with van der Waals surface area (Å²) in [6.07, 6.45) is 0. The third-order valence-electron chi connectivity index (χ3n) is 0.877. The van der Waals surface area contributed by atoms with E-state index in [1.54, 1.807) is 0 Å². The smallest absolute Gasteiger partial charge is 0.146 e. The molecule has 0 aliphatic rings. The Kier molecular flexibility index (Phi) is 1.58. The Balaban J connectivity index is 2.88. The van der Waals surface area contributed by atoms with Crippen LogP contribution in [0.3, 0.4) is 0 Å². The van der Waals surface area contributed by atoms with Gasteiger partial charge in [-0.3, -0.25) is 0 Å². The van der Waals surface area contributed by atoms with E-state index in [2.05, 4.69) is 10.2 Å².